The molecule has 0 saturated heterocycles. The molecule has 0 saturated carbocycles. The predicted octanol–water partition coefficient (Wildman–Crippen LogP) is 3.38. The summed E-state index contributed by atoms with van der Waals surface area (Å²) in [6, 6.07) is 0.194. The number of hydrogen-bond donors (Lipinski definition) is 1. The normalized spacial score (nSPS) is 15.8. The van der Waals surface area contributed by atoms with Crippen LogP contribution in [0.15, 0.2) is 0 Å². The fourth-order valence-corrected chi connectivity index (χ4v) is 2.27. The van der Waals surface area contributed by atoms with Gasteiger partial charge in [0.15, 0.2) is 8.32 Å². The van der Waals surface area contributed by atoms with Gasteiger partial charge in [0, 0.05) is 12.6 Å². The van der Waals surface area contributed by atoms with Crippen LogP contribution < -0.4 is 5.73 Å². The van der Waals surface area contributed by atoms with Crippen molar-refractivity contribution in [2.24, 2.45) is 11.7 Å². The van der Waals surface area contributed by atoms with Gasteiger partial charge in [0.2, 0.25) is 0 Å². The Bertz CT molecular complexity index is 185. The van der Waals surface area contributed by atoms with Crippen molar-refractivity contribution in [3.05, 3.63) is 0 Å². The van der Waals surface area contributed by atoms with E-state index in [4.69, 9.17) is 10.2 Å². The molecule has 0 aromatic heterocycles. The second-order valence-corrected chi connectivity index (χ2v) is 11.3. The second kappa shape index (κ2) is 5.46. The Morgan fingerprint density at radius 2 is 1.67 bits per heavy atom. The van der Waals surface area contributed by atoms with Gasteiger partial charge in [-0.3, -0.25) is 0 Å². The molecule has 0 radical (unpaired) electrons. The van der Waals surface area contributed by atoms with E-state index < -0.39 is 8.32 Å². The number of hydrogen-bond acceptors (Lipinski definition) is 2. The molecule has 0 aliphatic carbocycles. The minimum Gasteiger partial charge on any atom is -0.415 e. The van der Waals surface area contributed by atoms with Crippen LogP contribution in [0.25, 0.3) is 0 Å². The van der Waals surface area contributed by atoms with Gasteiger partial charge in [-0.15, -0.1) is 0 Å². The molecule has 0 fully saturated rings. The maximum Gasteiger partial charge on any atom is 0.192 e. The minimum absolute atomic E-state index is 0.194. The smallest absolute Gasteiger partial charge is 0.192 e. The summed E-state index contributed by atoms with van der Waals surface area (Å²) in [5.74, 6) is 0.656. The molecule has 0 aromatic rings. The zero-order valence-corrected chi connectivity index (χ0v) is 12.6. The molecule has 0 bridgehead atoms. The van der Waals surface area contributed by atoms with E-state index in [1.165, 1.54) is 0 Å². The monoisotopic (exact) mass is 231 g/mol. The largest absolute Gasteiger partial charge is 0.415 e. The lowest BCUT2D eigenvalue weighted by atomic mass is 10.1. The van der Waals surface area contributed by atoms with Crippen LogP contribution in [0.5, 0.6) is 0 Å². The highest BCUT2D eigenvalue weighted by atomic mass is 28.4. The molecule has 0 heterocycles. The Morgan fingerprint density at radius 3 is 2.00 bits per heavy atom. The Labute approximate surface area is 96.7 Å². The second-order valence-electron chi connectivity index (χ2n) is 6.46. The van der Waals surface area contributed by atoms with Crippen molar-refractivity contribution >= 4 is 8.32 Å². The molecule has 0 amide bonds. The number of rotatable bonds is 5. The van der Waals surface area contributed by atoms with Gasteiger partial charge in [0.25, 0.3) is 0 Å². The summed E-state index contributed by atoms with van der Waals surface area (Å²) in [5, 5.41) is 0.282. The van der Waals surface area contributed by atoms with E-state index in [0.717, 1.165) is 6.42 Å². The molecule has 3 heteroatoms. The first-order chi connectivity index (χ1) is 6.56. The molecule has 15 heavy (non-hydrogen) atoms. The lowest BCUT2D eigenvalue weighted by Gasteiger charge is -2.37. The third kappa shape index (κ3) is 5.69. The number of nitrogens with two attached hydrogens (primary N) is 1. The van der Waals surface area contributed by atoms with Crippen molar-refractivity contribution in [2.75, 3.05) is 6.61 Å². The van der Waals surface area contributed by atoms with Crippen LogP contribution in [0.1, 0.15) is 41.0 Å². The van der Waals surface area contributed by atoms with Crippen LogP contribution in [-0.2, 0) is 4.43 Å². The molecular formula is C12H29NOSi. The third-order valence-corrected chi connectivity index (χ3v) is 7.74. The van der Waals surface area contributed by atoms with Gasteiger partial charge in [0.1, 0.15) is 0 Å². The lowest BCUT2D eigenvalue weighted by molar-refractivity contribution is 0.249. The third-order valence-electron chi connectivity index (χ3n) is 3.24. The highest BCUT2D eigenvalue weighted by molar-refractivity contribution is 6.74. The minimum atomic E-state index is -1.60. The van der Waals surface area contributed by atoms with Crippen LogP contribution in [0.4, 0.5) is 0 Å². The van der Waals surface area contributed by atoms with Gasteiger partial charge < -0.3 is 10.2 Å². The first-order valence-corrected chi connectivity index (χ1v) is 8.86. The van der Waals surface area contributed by atoms with Crippen LogP contribution >= 0.6 is 0 Å². The van der Waals surface area contributed by atoms with Crippen LogP contribution in [-0.4, -0.2) is 21.0 Å². The summed E-state index contributed by atoms with van der Waals surface area (Å²) in [6.45, 7) is 16.4. The fourth-order valence-electron chi connectivity index (χ4n) is 1.21. The summed E-state index contributed by atoms with van der Waals surface area (Å²) in [5.41, 5.74) is 6.02. The summed E-state index contributed by atoms with van der Waals surface area (Å²) in [4.78, 5) is 0. The van der Waals surface area contributed by atoms with Crippen molar-refractivity contribution in [2.45, 2.75) is 65.2 Å². The van der Waals surface area contributed by atoms with Crippen molar-refractivity contribution in [1.82, 2.24) is 0 Å². The molecule has 1 atom stereocenters. The van der Waals surface area contributed by atoms with Crippen molar-refractivity contribution in [3.8, 4) is 0 Å². The van der Waals surface area contributed by atoms with Crippen LogP contribution in [0, 0.1) is 5.92 Å². The summed E-state index contributed by atoms with van der Waals surface area (Å²) < 4.78 is 6.07. The average Bonchev–Trinajstić information content (AvgIpc) is 1.97. The molecule has 0 spiro atoms. The van der Waals surface area contributed by atoms with Gasteiger partial charge in [-0.25, -0.2) is 0 Å². The van der Waals surface area contributed by atoms with Crippen molar-refractivity contribution < 1.29 is 4.43 Å². The van der Waals surface area contributed by atoms with Gasteiger partial charge in [-0.05, 0) is 30.5 Å². The van der Waals surface area contributed by atoms with E-state index >= 15 is 0 Å². The molecular weight excluding hydrogens is 202 g/mol. The molecule has 2 N–H and O–H groups in total. The predicted molar refractivity (Wildman–Crippen MR) is 70.6 cm³/mol. The Morgan fingerprint density at radius 1 is 1.20 bits per heavy atom. The highest BCUT2D eigenvalue weighted by Crippen LogP contribution is 2.36. The molecule has 92 valence electrons. The molecule has 0 aliphatic rings. The quantitative estimate of drug-likeness (QED) is 0.736. The molecule has 0 aliphatic heterocycles. The van der Waals surface area contributed by atoms with Gasteiger partial charge in [0.05, 0.1) is 0 Å². The van der Waals surface area contributed by atoms with E-state index in [-0.39, 0.29) is 11.1 Å². The summed E-state index contributed by atoms with van der Waals surface area (Å²) >= 11 is 0. The van der Waals surface area contributed by atoms with Gasteiger partial charge in [-0.1, -0.05) is 34.6 Å². The molecule has 2 nitrogen and oxygen atoms in total. The van der Waals surface area contributed by atoms with Crippen molar-refractivity contribution in [3.63, 3.8) is 0 Å². The van der Waals surface area contributed by atoms with Crippen LogP contribution in [0.3, 0.4) is 0 Å². The van der Waals surface area contributed by atoms with Crippen LogP contribution in [0.2, 0.25) is 18.1 Å². The maximum absolute atomic E-state index is 6.07. The Balaban J connectivity index is 4.04. The molecule has 1 unspecified atom stereocenters. The first-order valence-electron chi connectivity index (χ1n) is 5.96. The molecule has 0 aromatic carbocycles. The highest BCUT2D eigenvalue weighted by Gasteiger charge is 2.37. The molecule has 0 rings (SSSR count). The Hall–Kier alpha value is 0.137. The zero-order chi connectivity index (χ0) is 12.3. The summed E-state index contributed by atoms with van der Waals surface area (Å²) in [6.07, 6.45) is 1.05. The van der Waals surface area contributed by atoms with E-state index in [1.54, 1.807) is 0 Å². The average molecular weight is 231 g/mol. The van der Waals surface area contributed by atoms with Gasteiger partial charge >= 0.3 is 0 Å². The van der Waals surface area contributed by atoms with E-state index in [9.17, 15) is 0 Å². The Kier molecular flexibility index (Phi) is 5.51. The fraction of sp³-hybridized carbons (Fsp3) is 1.00. The van der Waals surface area contributed by atoms with E-state index in [0.29, 0.717) is 12.5 Å². The SMILES string of the molecule is CC(C)CC(N)CO[Si](C)(C)C(C)(C)C. The zero-order valence-electron chi connectivity index (χ0n) is 11.6. The standard InChI is InChI=1S/C12H29NOSi/c1-10(2)8-11(13)9-14-15(6,7)12(3,4)5/h10-11H,8-9,13H2,1-7H3. The lowest BCUT2D eigenvalue weighted by Crippen LogP contribution is -2.44. The first kappa shape index (κ1) is 15.1. The van der Waals surface area contributed by atoms with Gasteiger partial charge in [-0.2, -0.15) is 0 Å². The summed E-state index contributed by atoms with van der Waals surface area (Å²) in [7, 11) is -1.60. The van der Waals surface area contributed by atoms with Crippen molar-refractivity contribution in [1.29, 1.82) is 0 Å². The topological polar surface area (TPSA) is 35.2 Å². The maximum atomic E-state index is 6.07. The van der Waals surface area contributed by atoms with E-state index in [1.807, 2.05) is 0 Å². The van der Waals surface area contributed by atoms with E-state index in [2.05, 4.69) is 47.7 Å².